The van der Waals surface area contributed by atoms with E-state index in [2.05, 4.69) is 5.32 Å². The summed E-state index contributed by atoms with van der Waals surface area (Å²) >= 11 is 0. The molecule has 38 heavy (non-hydrogen) atoms. The summed E-state index contributed by atoms with van der Waals surface area (Å²) in [6, 6.07) is 24.1. The zero-order valence-corrected chi connectivity index (χ0v) is 20.8. The molecule has 0 fully saturated rings. The van der Waals surface area contributed by atoms with Gasteiger partial charge in [0.15, 0.2) is 0 Å². The molecule has 0 bridgehead atoms. The minimum absolute atomic E-state index is 0.0685. The highest BCUT2D eigenvalue weighted by molar-refractivity contribution is 5.91. The van der Waals surface area contributed by atoms with Gasteiger partial charge in [-0.1, -0.05) is 49.7 Å². The van der Waals surface area contributed by atoms with E-state index in [-0.39, 0.29) is 18.0 Å². The van der Waals surface area contributed by atoms with Crippen LogP contribution < -0.4 is 20.3 Å². The molecule has 0 aliphatic carbocycles. The number of aromatic nitrogens is 2. The van der Waals surface area contributed by atoms with Crippen molar-refractivity contribution in [3.63, 3.8) is 0 Å². The fraction of sp³-hybridized carbons (Fsp3) is 0.172. The van der Waals surface area contributed by atoms with E-state index in [1.165, 1.54) is 9.36 Å². The molecule has 0 aliphatic rings. The molecule has 0 spiro atoms. The van der Waals surface area contributed by atoms with Gasteiger partial charge in [-0.2, -0.15) is 0 Å². The Bertz CT molecular complexity index is 1460. The number of carbonyl (C=O) groups excluding carboxylic acids is 3. The average Bonchev–Trinajstić information content (AvgIpc) is 3.22. The van der Waals surface area contributed by atoms with Crippen LogP contribution in [0.3, 0.4) is 0 Å². The molecule has 0 saturated heterocycles. The van der Waals surface area contributed by atoms with Crippen LogP contribution >= 0.6 is 0 Å². The van der Waals surface area contributed by atoms with Crippen LogP contribution in [0.15, 0.2) is 89.7 Å². The van der Waals surface area contributed by atoms with Crippen LogP contribution in [0.25, 0.3) is 11.4 Å². The van der Waals surface area contributed by atoms with Crippen LogP contribution in [0.1, 0.15) is 35.7 Å². The number of rotatable bonds is 11. The topological polar surface area (TPSA) is 109 Å². The molecule has 194 valence electrons. The Labute approximate surface area is 219 Å². The smallest absolute Gasteiger partial charge is 0.343 e. The first-order chi connectivity index (χ1) is 18.5. The maximum Gasteiger partial charge on any atom is 0.343 e. The minimum Gasteiger partial charge on any atom is -0.423 e. The van der Waals surface area contributed by atoms with Crippen molar-refractivity contribution >= 4 is 18.3 Å². The highest BCUT2D eigenvalue weighted by Crippen LogP contribution is 2.27. The van der Waals surface area contributed by atoms with Gasteiger partial charge in [0.2, 0.25) is 12.3 Å². The number of hydrogen-bond donors (Lipinski definition) is 1. The first kappa shape index (κ1) is 26.2. The van der Waals surface area contributed by atoms with E-state index >= 15 is 0 Å². The van der Waals surface area contributed by atoms with Crippen molar-refractivity contribution < 1.29 is 23.9 Å². The normalized spacial score (nSPS) is 10.6. The summed E-state index contributed by atoms with van der Waals surface area (Å²) in [7, 11) is 0. The quantitative estimate of drug-likeness (QED) is 0.185. The number of ether oxygens (including phenoxy) is 2. The van der Waals surface area contributed by atoms with E-state index in [0.717, 1.165) is 6.42 Å². The first-order valence-electron chi connectivity index (χ1n) is 12.2. The minimum atomic E-state index is -0.720. The van der Waals surface area contributed by atoms with Crippen LogP contribution in [0.5, 0.6) is 11.6 Å². The van der Waals surface area contributed by atoms with Crippen molar-refractivity contribution in [1.82, 2.24) is 14.7 Å². The number of hydrogen-bond acceptors (Lipinski definition) is 6. The van der Waals surface area contributed by atoms with Crippen molar-refractivity contribution in [3.8, 4) is 23.0 Å². The lowest BCUT2D eigenvalue weighted by atomic mass is 10.1. The Morgan fingerprint density at radius 3 is 2.11 bits per heavy atom. The lowest BCUT2D eigenvalue weighted by molar-refractivity contribution is -0.134. The van der Waals surface area contributed by atoms with Crippen molar-refractivity contribution in [1.29, 1.82) is 0 Å². The number of amides is 1. The van der Waals surface area contributed by atoms with E-state index in [4.69, 9.17) is 9.47 Å². The van der Waals surface area contributed by atoms with Crippen LogP contribution in [-0.2, 0) is 16.0 Å². The second-order valence-electron chi connectivity index (χ2n) is 8.37. The summed E-state index contributed by atoms with van der Waals surface area (Å²) in [6.07, 6.45) is 2.33. The van der Waals surface area contributed by atoms with Crippen molar-refractivity contribution in [2.45, 2.75) is 26.2 Å². The van der Waals surface area contributed by atoms with Crippen molar-refractivity contribution in [2.24, 2.45) is 0 Å². The Hall–Kier alpha value is -4.92. The highest BCUT2D eigenvalue weighted by Gasteiger charge is 2.25. The molecule has 4 aromatic rings. The van der Waals surface area contributed by atoms with E-state index in [1.54, 1.807) is 72.8 Å². The number of esters is 2. The first-order valence-corrected chi connectivity index (χ1v) is 12.2. The molecule has 0 radical (unpaired) electrons. The van der Waals surface area contributed by atoms with E-state index in [1.807, 2.05) is 19.1 Å². The van der Waals surface area contributed by atoms with Gasteiger partial charge in [0.1, 0.15) is 12.3 Å². The summed E-state index contributed by atoms with van der Waals surface area (Å²) in [6.45, 7) is 1.65. The second kappa shape index (κ2) is 12.4. The SMILES string of the molecule is CCCCc1c(OC(=O)CNC=O)n(-c2ccc(OC(=O)c3ccccc3)cc2)n(-c2ccccc2)c1=O. The lowest BCUT2D eigenvalue weighted by Crippen LogP contribution is -2.26. The molecule has 4 rings (SSSR count). The van der Waals surface area contributed by atoms with Crippen molar-refractivity contribution in [3.05, 3.63) is 106 Å². The molecule has 0 atom stereocenters. The third-order valence-electron chi connectivity index (χ3n) is 5.72. The number of carbonyl (C=O) groups is 3. The van der Waals surface area contributed by atoms with Gasteiger partial charge in [-0.15, -0.1) is 0 Å². The maximum atomic E-state index is 13.7. The standard InChI is InChI=1S/C29H27N3O6/c1-2-3-14-25-27(35)31(22-12-8-5-9-13-22)32(28(25)38-26(34)19-30-20-33)23-15-17-24(18-16-23)37-29(36)21-10-6-4-7-11-21/h4-13,15-18,20H,2-3,14,19H2,1H3,(H,30,33). The zero-order chi connectivity index (χ0) is 26.9. The fourth-order valence-electron chi connectivity index (χ4n) is 3.90. The summed E-state index contributed by atoms with van der Waals surface area (Å²) in [5.74, 6) is -0.843. The van der Waals surface area contributed by atoms with Crippen LogP contribution in [0.2, 0.25) is 0 Å². The molecule has 0 saturated carbocycles. The Morgan fingerprint density at radius 2 is 1.47 bits per heavy atom. The number of para-hydroxylation sites is 1. The van der Waals surface area contributed by atoms with Gasteiger partial charge in [-0.25, -0.2) is 19.0 Å². The fourth-order valence-corrected chi connectivity index (χ4v) is 3.90. The van der Waals surface area contributed by atoms with Crippen LogP contribution in [0.4, 0.5) is 0 Å². The predicted octanol–water partition coefficient (Wildman–Crippen LogP) is 3.84. The molecule has 9 nitrogen and oxygen atoms in total. The molecule has 1 amide bonds. The monoisotopic (exact) mass is 513 g/mol. The molecule has 1 aromatic heterocycles. The summed E-state index contributed by atoms with van der Waals surface area (Å²) in [5, 5.41) is 2.28. The van der Waals surface area contributed by atoms with Crippen molar-refractivity contribution in [2.75, 3.05) is 6.54 Å². The third kappa shape index (κ3) is 5.89. The molecular weight excluding hydrogens is 486 g/mol. The van der Waals surface area contributed by atoms with Crippen LogP contribution in [0, 0.1) is 0 Å². The van der Waals surface area contributed by atoms with Gasteiger partial charge in [-0.3, -0.25) is 9.59 Å². The Morgan fingerprint density at radius 1 is 0.842 bits per heavy atom. The number of nitrogens with zero attached hydrogens (tertiary/aromatic N) is 2. The second-order valence-corrected chi connectivity index (χ2v) is 8.37. The number of nitrogens with one attached hydrogen (secondary N) is 1. The van der Waals surface area contributed by atoms with Gasteiger partial charge < -0.3 is 14.8 Å². The number of unbranched alkanes of at least 4 members (excludes halogenated alkanes) is 1. The average molecular weight is 514 g/mol. The third-order valence-corrected chi connectivity index (χ3v) is 5.72. The van der Waals surface area contributed by atoms with Gasteiger partial charge in [0.25, 0.3) is 5.56 Å². The van der Waals surface area contributed by atoms with Gasteiger partial charge in [0.05, 0.1) is 22.5 Å². The van der Waals surface area contributed by atoms with Gasteiger partial charge in [-0.05, 0) is 61.4 Å². The molecule has 0 unspecified atom stereocenters. The molecule has 0 aliphatic heterocycles. The summed E-state index contributed by atoms with van der Waals surface area (Å²) in [5.41, 5.74) is 1.51. The summed E-state index contributed by atoms with van der Waals surface area (Å²) in [4.78, 5) is 49.3. The van der Waals surface area contributed by atoms with E-state index in [9.17, 15) is 19.2 Å². The molecule has 1 N–H and O–H groups in total. The number of benzene rings is 3. The largest absolute Gasteiger partial charge is 0.423 e. The lowest BCUT2D eigenvalue weighted by Gasteiger charge is -2.15. The molecule has 9 heteroatoms. The Kier molecular flexibility index (Phi) is 8.50. The highest BCUT2D eigenvalue weighted by atomic mass is 16.5. The van der Waals surface area contributed by atoms with Crippen LogP contribution in [-0.4, -0.2) is 34.3 Å². The Balaban J connectivity index is 1.79. The van der Waals surface area contributed by atoms with Gasteiger partial charge in [0, 0.05) is 0 Å². The molecule has 3 aromatic carbocycles. The molecule has 1 heterocycles. The maximum absolute atomic E-state index is 13.7. The predicted molar refractivity (Wildman–Crippen MR) is 141 cm³/mol. The summed E-state index contributed by atoms with van der Waals surface area (Å²) < 4.78 is 14.1. The molecular formula is C29H27N3O6. The van der Waals surface area contributed by atoms with Gasteiger partial charge >= 0.3 is 11.9 Å². The van der Waals surface area contributed by atoms with E-state index < -0.39 is 11.9 Å². The van der Waals surface area contributed by atoms with E-state index in [0.29, 0.717) is 47.5 Å². The zero-order valence-electron chi connectivity index (χ0n) is 20.8.